The third kappa shape index (κ3) is 3.38. The fourth-order valence-corrected chi connectivity index (χ4v) is 0.631. The third-order valence-corrected chi connectivity index (χ3v) is 1.21. The van der Waals surface area contributed by atoms with Crippen molar-refractivity contribution in [1.82, 2.24) is 0 Å². The van der Waals surface area contributed by atoms with E-state index in [2.05, 4.69) is 22.0 Å². The van der Waals surface area contributed by atoms with Crippen LogP contribution in [-0.2, 0) is 0 Å². The summed E-state index contributed by atoms with van der Waals surface area (Å²) in [4.78, 5) is 0. The van der Waals surface area contributed by atoms with Crippen LogP contribution in [0.5, 0.6) is 0 Å². The molecule has 2 heteroatoms. The van der Waals surface area contributed by atoms with Crippen LogP contribution in [0, 0.1) is 6.07 Å². The van der Waals surface area contributed by atoms with E-state index in [0.29, 0.717) is 0 Å². The van der Waals surface area contributed by atoms with Gasteiger partial charge in [0.2, 0.25) is 0 Å². The first-order valence-corrected chi connectivity index (χ1v) is 2.80. The summed E-state index contributed by atoms with van der Waals surface area (Å²) in [5, 5.41) is 0. The first-order valence-electron chi connectivity index (χ1n) is 2.01. The van der Waals surface area contributed by atoms with E-state index in [9.17, 15) is 0 Å². The van der Waals surface area contributed by atoms with E-state index >= 15 is 0 Å². The van der Waals surface area contributed by atoms with Gasteiger partial charge in [-0.2, -0.15) is 0 Å². The Morgan fingerprint density at radius 2 is 1.75 bits per heavy atom. The topological polar surface area (TPSA) is 0 Å². The molecule has 0 heterocycles. The molecular weight excluding hydrogens is 191 g/mol. The first-order chi connectivity index (χ1) is 3.39. The van der Waals surface area contributed by atoms with Gasteiger partial charge in [0.15, 0.2) is 0 Å². The predicted molar refractivity (Wildman–Crippen MR) is 40.1 cm³/mol. The van der Waals surface area contributed by atoms with E-state index in [0.717, 1.165) is 4.47 Å². The number of benzene rings is 1. The van der Waals surface area contributed by atoms with Crippen molar-refractivity contribution in [3.63, 3.8) is 0 Å². The molecule has 0 saturated heterocycles. The molecule has 0 aliphatic heterocycles. The van der Waals surface area contributed by atoms with Crippen molar-refractivity contribution >= 4 is 67.3 Å². The summed E-state index contributed by atoms with van der Waals surface area (Å²) in [5.74, 6) is 0. The number of rotatable bonds is 0. The molecular formula is C6H5BrK. The van der Waals surface area contributed by atoms with Gasteiger partial charge in [0, 0.05) is 4.47 Å². The maximum absolute atomic E-state index is 3.29. The minimum absolute atomic E-state index is 0. The fourth-order valence-electron chi connectivity index (χ4n) is 0.367. The van der Waals surface area contributed by atoms with E-state index in [1.807, 2.05) is 24.3 Å². The van der Waals surface area contributed by atoms with Gasteiger partial charge in [-0.05, 0) is 18.2 Å². The average Bonchev–Trinajstić information content (AvgIpc) is 1.69. The van der Waals surface area contributed by atoms with Gasteiger partial charge in [0.05, 0.1) is 0 Å². The third-order valence-electron chi connectivity index (χ3n) is 0.678. The second-order valence-electron chi connectivity index (χ2n) is 1.22. The van der Waals surface area contributed by atoms with E-state index < -0.39 is 0 Å². The quantitative estimate of drug-likeness (QED) is 0.553. The summed E-state index contributed by atoms with van der Waals surface area (Å²) < 4.78 is 1.10. The number of hydrogen-bond donors (Lipinski definition) is 0. The van der Waals surface area contributed by atoms with Gasteiger partial charge in [-0.15, -0.1) is 0 Å². The molecule has 0 atom stereocenters. The monoisotopic (exact) mass is 195 g/mol. The molecule has 0 saturated carbocycles. The molecule has 0 aromatic heterocycles. The second kappa shape index (κ2) is 5.15. The fraction of sp³-hybridized carbons (Fsp3) is 0. The van der Waals surface area contributed by atoms with E-state index in [1.54, 1.807) is 0 Å². The Morgan fingerprint density at radius 3 is 2.00 bits per heavy atom. The Hall–Kier alpha value is 1.34. The normalized spacial score (nSPS) is 7.62. The molecule has 0 spiro atoms. The summed E-state index contributed by atoms with van der Waals surface area (Å²) in [6.45, 7) is 0. The number of hydrogen-bond acceptors (Lipinski definition) is 0. The molecule has 1 aromatic rings. The molecule has 0 aliphatic carbocycles. The van der Waals surface area contributed by atoms with E-state index in [-0.39, 0.29) is 51.4 Å². The van der Waals surface area contributed by atoms with Crippen molar-refractivity contribution in [2.24, 2.45) is 0 Å². The summed E-state index contributed by atoms with van der Waals surface area (Å²) in [6, 6.07) is 10.5. The minimum atomic E-state index is 0. The molecule has 0 bridgehead atoms. The average molecular weight is 196 g/mol. The van der Waals surface area contributed by atoms with Crippen LogP contribution in [0.1, 0.15) is 0 Å². The molecule has 0 nitrogen and oxygen atoms in total. The molecule has 0 fully saturated rings. The zero-order chi connectivity index (χ0) is 5.11. The van der Waals surface area contributed by atoms with Crippen LogP contribution in [0.25, 0.3) is 0 Å². The van der Waals surface area contributed by atoms with Crippen LogP contribution in [0.4, 0.5) is 0 Å². The van der Waals surface area contributed by atoms with Gasteiger partial charge in [0.1, 0.15) is 0 Å². The molecule has 8 heavy (non-hydrogen) atoms. The van der Waals surface area contributed by atoms with Gasteiger partial charge < -0.3 is 0 Å². The SMILES string of the molecule is Brc1cc[c]cc1.[KH]. The van der Waals surface area contributed by atoms with Gasteiger partial charge in [0.25, 0.3) is 0 Å². The van der Waals surface area contributed by atoms with Crippen molar-refractivity contribution in [2.75, 3.05) is 0 Å². The predicted octanol–water partition coefficient (Wildman–Crippen LogP) is 1.60. The summed E-state index contributed by atoms with van der Waals surface area (Å²) >= 11 is 3.29. The molecule has 0 aliphatic rings. The van der Waals surface area contributed by atoms with Crippen LogP contribution in [0.3, 0.4) is 0 Å². The molecule has 0 N–H and O–H groups in total. The molecule has 0 unspecified atom stereocenters. The van der Waals surface area contributed by atoms with Crippen LogP contribution < -0.4 is 0 Å². The zero-order valence-corrected chi connectivity index (χ0v) is 5.27. The molecule has 1 rings (SSSR count). The van der Waals surface area contributed by atoms with Crippen LogP contribution in [0.15, 0.2) is 28.7 Å². The van der Waals surface area contributed by atoms with Gasteiger partial charge in [-0.1, -0.05) is 28.1 Å². The Morgan fingerprint density at radius 1 is 1.25 bits per heavy atom. The van der Waals surface area contributed by atoms with Crippen molar-refractivity contribution < 1.29 is 0 Å². The van der Waals surface area contributed by atoms with Crippen molar-refractivity contribution in [3.05, 3.63) is 34.8 Å². The van der Waals surface area contributed by atoms with Crippen molar-refractivity contribution in [2.45, 2.75) is 0 Å². The van der Waals surface area contributed by atoms with Crippen LogP contribution >= 0.6 is 15.9 Å². The Bertz CT molecular complexity index is 138. The molecule has 1 radical (unpaired) electrons. The first kappa shape index (κ1) is 9.34. The zero-order valence-electron chi connectivity index (χ0n) is 3.69. The molecule has 37 valence electrons. The maximum atomic E-state index is 3.29. The van der Waals surface area contributed by atoms with Gasteiger partial charge >= 0.3 is 51.4 Å². The molecule has 0 amide bonds. The van der Waals surface area contributed by atoms with E-state index in [4.69, 9.17) is 0 Å². The van der Waals surface area contributed by atoms with Crippen molar-refractivity contribution in [1.29, 1.82) is 0 Å². The molecule has 1 aromatic carbocycles. The Balaban J connectivity index is 0.000000490. The summed E-state index contributed by atoms with van der Waals surface area (Å²) in [5.41, 5.74) is 0. The van der Waals surface area contributed by atoms with Crippen LogP contribution in [0.2, 0.25) is 0 Å². The van der Waals surface area contributed by atoms with Gasteiger partial charge in [-0.3, -0.25) is 0 Å². The van der Waals surface area contributed by atoms with Gasteiger partial charge in [-0.25, -0.2) is 0 Å². The Labute approximate surface area is 100 Å². The summed E-state index contributed by atoms with van der Waals surface area (Å²) in [6.07, 6.45) is 0. The summed E-state index contributed by atoms with van der Waals surface area (Å²) in [7, 11) is 0. The van der Waals surface area contributed by atoms with E-state index in [1.165, 1.54) is 0 Å². The van der Waals surface area contributed by atoms with Crippen LogP contribution in [-0.4, -0.2) is 51.4 Å². The second-order valence-corrected chi connectivity index (χ2v) is 2.13. The van der Waals surface area contributed by atoms with Crippen molar-refractivity contribution in [3.8, 4) is 0 Å². The standard InChI is InChI=1S/C6H4Br.K.H/c7-6-4-2-1-3-5-6;;/h2-5H;;. The Kier molecular flexibility index (Phi) is 6.01. The number of halogens is 1.